The van der Waals surface area contributed by atoms with E-state index in [0.29, 0.717) is 18.4 Å². The van der Waals surface area contributed by atoms with Gasteiger partial charge in [-0.25, -0.2) is 4.59 Å². The summed E-state index contributed by atoms with van der Waals surface area (Å²) in [7, 11) is 6.42. The minimum atomic E-state index is 0.492. The van der Waals surface area contributed by atoms with Gasteiger partial charge in [-0.05, 0) is 31.8 Å². The predicted octanol–water partition coefficient (Wildman–Crippen LogP) is 3.25. The molecule has 3 nitrogen and oxygen atoms in total. The summed E-state index contributed by atoms with van der Waals surface area (Å²) >= 11 is 0. The van der Waals surface area contributed by atoms with Crippen molar-refractivity contribution in [2.24, 2.45) is 5.92 Å². The highest BCUT2D eigenvalue weighted by Gasteiger charge is 2.31. The summed E-state index contributed by atoms with van der Waals surface area (Å²) in [5.74, 6) is 0.600. The molecule has 0 saturated heterocycles. The van der Waals surface area contributed by atoms with Gasteiger partial charge in [0.1, 0.15) is 6.04 Å². The van der Waals surface area contributed by atoms with E-state index in [4.69, 9.17) is 5.26 Å². The first-order valence-corrected chi connectivity index (χ1v) is 6.93. The van der Waals surface area contributed by atoms with Crippen LogP contribution in [0.4, 0.5) is 0 Å². The molecule has 0 aromatic carbocycles. The molecule has 0 bridgehead atoms. The molecule has 0 rings (SSSR count). The Kier molecular flexibility index (Phi) is 7.90. The third kappa shape index (κ3) is 5.66. The summed E-state index contributed by atoms with van der Waals surface area (Å²) in [6.45, 7) is 6.77. The monoisotopic (exact) mass is 252 g/mol. The van der Waals surface area contributed by atoms with Crippen LogP contribution in [-0.2, 0) is 0 Å². The lowest BCUT2D eigenvalue weighted by Crippen LogP contribution is -2.59. The fraction of sp³-hybridized carbons (Fsp3) is 0.800. The van der Waals surface area contributed by atoms with Gasteiger partial charge in [-0.1, -0.05) is 19.9 Å². The van der Waals surface area contributed by atoms with Crippen molar-refractivity contribution < 1.29 is 4.59 Å². The molecule has 0 amide bonds. The Morgan fingerprint density at radius 1 is 1.33 bits per heavy atom. The highest BCUT2D eigenvalue weighted by Crippen LogP contribution is 2.22. The second-order valence-corrected chi connectivity index (χ2v) is 5.80. The van der Waals surface area contributed by atoms with Crippen molar-refractivity contribution in [2.45, 2.75) is 52.5 Å². The lowest BCUT2D eigenvalue weighted by molar-refractivity contribution is -0.953. The van der Waals surface area contributed by atoms with Crippen LogP contribution in [0.3, 0.4) is 0 Å². The number of nitrogens with one attached hydrogen (secondary N) is 1. The SMILES string of the molecule is CN[N+](C)(C)C(C(C)=CCCCCC#N)C(C)C. The standard InChI is InChI=1S/C15H30N3/c1-13(2)15(18(5,6)17-4)14(3)11-9-7-8-10-12-16/h11,13,15,17H,7-10H2,1-6H3/q+1. The minimum Gasteiger partial charge on any atom is -0.245 e. The molecule has 1 N–H and O–H groups in total. The zero-order chi connectivity index (χ0) is 14.2. The van der Waals surface area contributed by atoms with Gasteiger partial charge in [0.2, 0.25) is 0 Å². The summed E-state index contributed by atoms with van der Waals surface area (Å²) in [4.78, 5) is 0. The molecule has 104 valence electrons. The van der Waals surface area contributed by atoms with Crippen LogP contribution < -0.4 is 5.43 Å². The molecule has 0 aliphatic rings. The summed E-state index contributed by atoms with van der Waals surface area (Å²) < 4.78 is 0.804. The van der Waals surface area contributed by atoms with Crippen LogP contribution in [0.25, 0.3) is 0 Å². The van der Waals surface area contributed by atoms with E-state index >= 15 is 0 Å². The van der Waals surface area contributed by atoms with Crippen LogP contribution in [0, 0.1) is 17.2 Å². The zero-order valence-electron chi connectivity index (χ0n) is 13.0. The topological polar surface area (TPSA) is 35.8 Å². The molecule has 0 radical (unpaired) electrons. The molecule has 3 heteroatoms. The Morgan fingerprint density at radius 2 is 1.94 bits per heavy atom. The number of rotatable bonds is 8. The summed E-state index contributed by atoms with van der Waals surface area (Å²) in [6.07, 6.45) is 6.23. The van der Waals surface area contributed by atoms with Crippen molar-refractivity contribution in [2.75, 3.05) is 21.1 Å². The summed E-state index contributed by atoms with van der Waals surface area (Å²) in [5, 5.41) is 8.50. The minimum absolute atomic E-state index is 0.492. The van der Waals surface area contributed by atoms with Gasteiger partial charge >= 0.3 is 0 Å². The molecule has 0 aliphatic carbocycles. The largest absolute Gasteiger partial charge is 0.245 e. The molecule has 1 unspecified atom stereocenters. The molecular formula is C15H30N3+. The summed E-state index contributed by atoms with van der Waals surface area (Å²) in [6, 6.07) is 2.69. The molecular weight excluding hydrogens is 222 g/mol. The van der Waals surface area contributed by atoms with Gasteiger partial charge in [-0.2, -0.15) is 10.7 Å². The first-order chi connectivity index (χ1) is 8.36. The number of unbranched alkanes of at least 4 members (excludes halogenated alkanes) is 3. The molecule has 0 saturated carbocycles. The van der Waals surface area contributed by atoms with E-state index in [9.17, 15) is 0 Å². The van der Waals surface area contributed by atoms with Gasteiger partial charge in [0.15, 0.2) is 0 Å². The molecule has 0 aliphatic heterocycles. The fourth-order valence-electron chi connectivity index (χ4n) is 2.72. The Morgan fingerprint density at radius 3 is 2.39 bits per heavy atom. The number of allylic oxidation sites excluding steroid dienone is 1. The Labute approximate surface area is 113 Å². The first kappa shape index (κ1) is 17.2. The first-order valence-electron chi connectivity index (χ1n) is 6.93. The van der Waals surface area contributed by atoms with E-state index in [0.717, 1.165) is 23.9 Å². The molecule has 0 heterocycles. The van der Waals surface area contributed by atoms with E-state index < -0.39 is 0 Å². The zero-order valence-corrected chi connectivity index (χ0v) is 13.0. The van der Waals surface area contributed by atoms with E-state index in [1.807, 2.05) is 7.05 Å². The van der Waals surface area contributed by atoms with E-state index in [1.165, 1.54) is 5.57 Å². The smallest absolute Gasteiger partial charge is 0.130 e. The Balaban J connectivity index is 4.53. The van der Waals surface area contributed by atoms with E-state index in [-0.39, 0.29) is 0 Å². The number of hydrogen-bond acceptors (Lipinski definition) is 2. The van der Waals surface area contributed by atoms with Crippen molar-refractivity contribution in [3.05, 3.63) is 11.6 Å². The Bertz CT molecular complexity index is 297. The molecule has 0 aromatic rings. The Hall–Kier alpha value is -0.850. The lowest BCUT2D eigenvalue weighted by atomic mass is 9.94. The van der Waals surface area contributed by atoms with Gasteiger partial charge in [-0.3, -0.25) is 0 Å². The molecule has 1 atom stereocenters. The van der Waals surface area contributed by atoms with Crippen LogP contribution in [0.2, 0.25) is 0 Å². The number of likely N-dealkylation sites (N-methyl/N-ethyl adjacent to an activating group) is 1. The molecule has 0 spiro atoms. The van der Waals surface area contributed by atoms with Crippen LogP contribution >= 0.6 is 0 Å². The second kappa shape index (κ2) is 8.29. The van der Waals surface area contributed by atoms with Gasteiger partial charge in [0, 0.05) is 19.4 Å². The number of hydrogen-bond donors (Lipinski definition) is 1. The van der Waals surface area contributed by atoms with E-state index in [1.54, 1.807) is 0 Å². The normalized spacial score (nSPS) is 14.7. The van der Waals surface area contributed by atoms with Crippen LogP contribution in [0.15, 0.2) is 11.6 Å². The maximum atomic E-state index is 8.50. The quantitative estimate of drug-likeness (QED) is 0.311. The fourth-order valence-corrected chi connectivity index (χ4v) is 2.72. The summed E-state index contributed by atoms with van der Waals surface area (Å²) in [5.41, 5.74) is 4.81. The van der Waals surface area contributed by atoms with E-state index in [2.05, 4.69) is 52.4 Å². The molecule has 18 heavy (non-hydrogen) atoms. The molecule has 0 fully saturated rings. The average Bonchev–Trinajstić information content (AvgIpc) is 2.28. The number of quaternary nitrogens is 1. The second-order valence-electron chi connectivity index (χ2n) is 5.80. The van der Waals surface area contributed by atoms with Crippen molar-refractivity contribution in [3.63, 3.8) is 0 Å². The maximum Gasteiger partial charge on any atom is 0.130 e. The third-order valence-corrected chi connectivity index (χ3v) is 3.58. The van der Waals surface area contributed by atoms with Crippen LogP contribution in [-0.4, -0.2) is 31.8 Å². The average molecular weight is 252 g/mol. The molecule has 0 aromatic heterocycles. The van der Waals surface area contributed by atoms with Gasteiger partial charge in [-0.15, -0.1) is 0 Å². The number of nitriles is 1. The maximum absolute atomic E-state index is 8.50. The predicted molar refractivity (Wildman–Crippen MR) is 77.6 cm³/mol. The number of nitrogens with zero attached hydrogens (tertiary/aromatic N) is 2. The van der Waals surface area contributed by atoms with Crippen molar-refractivity contribution in [3.8, 4) is 6.07 Å². The van der Waals surface area contributed by atoms with Crippen molar-refractivity contribution >= 4 is 0 Å². The van der Waals surface area contributed by atoms with Gasteiger partial charge in [0.05, 0.1) is 20.2 Å². The van der Waals surface area contributed by atoms with Crippen LogP contribution in [0.1, 0.15) is 46.5 Å². The third-order valence-electron chi connectivity index (χ3n) is 3.58. The van der Waals surface area contributed by atoms with Gasteiger partial charge < -0.3 is 0 Å². The highest BCUT2D eigenvalue weighted by atomic mass is 15.6. The lowest BCUT2D eigenvalue weighted by Gasteiger charge is -2.39. The van der Waals surface area contributed by atoms with Crippen molar-refractivity contribution in [1.82, 2.24) is 5.43 Å². The van der Waals surface area contributed by atoms with Crippen molar-refractivity contribution in [1.29, 1.82) is 5.26 Å². The van der Waals surface area contributed by atoms with Crippen LogP contribution in [0.5, 0.6) is 0 Å². The highest BCUT2D eigenvalue weighted by molar-refractivity contribution is 5.06. The van der Waals surface area contributed by atoms with Gasteiger partial charge in [0.25, 0.3) is 0 Å².